The van der Waals surface area contributed by atoms with Crippen LogP contribution in [0.1, 0.15) is 11.3 Å². The minimum absolute atomic E-state index is 0.0167. The van der Waals surface area contributed by atoms with E-state index in [4.69, 9.17) is 17.3 Å². The van der Waals surface area contributed by atoms with Crippen molar-refractivity contribution in [2.75, 3.05) is 0 Å². The average Bonchev–Trinajstić information content (AvgIpc) is 2.06. The Morgan fingerprint density at radius 3 is 2.50 bits per heavy atom. The third-order valence-electron chi connectivity index (χ3n) is 1.57. The zero-order valence-electron chi connectivity index (χ0n) is 6.78. The SMILES string of the molecule is NCc1cc(Cl)c(C(F)(F)F)[nH]c1=O. The fourth-order valence-electron chi connectivity index (χ4n) is 0.902. The Balaban J connectivity index is 3.37. The fourth-order valence-corrected chi connectivity index (χ4v) is 1.19. The monoisotopic (exact) mass is 226 g/mol. The van der Waals surface area contributed by atoms with E-state index in [-0.39, 0.29) is 12.1 Å². The van der Waals surface area contributed by atoms with Gasteiger partial charge in [-0.25, -0.2) is 0 Å². The lowest BCUT2D eigenvalue weighted by molar-refractivity contribution is -0.141. The lowest BCUT2D eigenvalue weighted by Gasteiger charge is -2.08. The van der Waals surface area contributed by atoms with Gasteiger partial charge in [0.1, 0.15) is 5.69 Å². The molecule has 1 aromatic rings. The molecule has 0 aliphatic carbocycles. The summed E-state index contributed by atoms with van der Waals surface area (Å²) in [5, 5.41) is -0.558. The molecular weight excluding hydrogens is 221 g/mol. The molecule has 0 fully saturated rings. The molecule has 78 valence electrons. The molecule has 0 aliphatic heterocycles. The molecular formula is C7H6ClF3N2O. The van der Waals surface area contributed by atoms with Crippen molar-refractivity contribution in [1.29, 1.82) is 0 Å². The van der Waals surface area contributed by atoms with Gasteiger partial charge in [-0.05, 0) is 6.07 Å². The molecule has 14 heavy (non-hydrogen) atoms. The van der Waals surface area contributed by atoms with Crippen molar-refractivity contribution >= 4 is 11.6 Å². The van der Waals surface area contributed by atoms with E-state index < -0.39 is 22.5 Å². The van der Waals surface area contributed by atoms with Gasteiger partial charge in [-0.2, -0.15) is 13.2 Å². The molecule has 0 spiro atoms. The first-order valence-electron chi connectivity index (χ1n) is 3.55. The van der Waals surface area contributed by atoms with Gasteiger partial charge in [0.2, 0.25) is 0 Å². The predicted octanol–water partition coefficient (Wildman–Crippen LogP) is 1.51. The summed E-state index contributed by atoms with van der Waals surface area (Å²) in [7, 11) is 0. The molecule has 3 nitrogen and oxygen atoms in total. The topological polar surface area (TPSA) is 58.9 Å². The Labute approximate surface area is 81.7 Å². The van der Waals surface area contributed by atoms with Gasteiger partial charge >= 0.3 is 6.18 Å². The normalized spacial score (nSPS) is 11.8. The largest absolute Gasteiger partial charge is 0.432 e. The Kier molecular flexibility index (Phi) is 2.86. The van der Waals surface area contributed by atoms with Gasteiger partial charge in [0.15, 0.2) is 0 Å². The third-order valence-corrected chi connectivity index (χ3v) is 1.87. The highest BCUT2D eigenvalue weighted by molar-refractivity contribution is 6.31. The Hall–Kier alpha value is -1.01. The smallest absolute Gasteiger partial charge is 0.326 e. The van der Waals surface area contributed by atoms with E-state index in [1.54, 1.807) is 4.98 Å². The van der Waals surface area contributed by atoms with Crippen LogP contribution in [-0.2, 0) is 12.7 Å². The number of nitrogens with one attached hydrogen (secondary N) is 1. The highest BCUT2D eigenvalue weighted by Gasteiger charge is 2.34. The summed E-state index contributed by atoms with van der Waals surface area (Å²) in [5.41, 5.74) is 3.02. The van der Waals surface area contributed by atoms with E-state index in [1.807, 2.05) is 0 Å². The summed E-state index contributed by atoms with van der Waals surface area (Å²) in [5.74, 6) is 0. The summed E-state index contributed by atoms with van der Waals surface area (Å²) in [6, 6.07) is 0.920. The second-order valence-electron chi connectivity index (χ2n) is 2.55. The van der Waals surface area contributed by atoms with E-state index in [0.717, 1.165) is 6.07 Å². The van der Waals surface area contributed by atoms with E-state index in [0.29, 0.717) is 0 Å². The third kappa shape index (κ3) is 2.08. The molecule has 0 unspecified atom stereocenters. The van der Waals surface area contributed by atoms with Crippen molar-refractivity contribution in [1.82, 2.24) is 4.98 Å². The maximum Gasteiger partial charge on any atom is 0.432 e. The number of pyridine rings is 1. The molecule has 7 heteroatoms. The van der Waals surface area contributed by atoms with Crippen molar-refractivity contribution in [2.24, 2.45) is 5.73 Å². The molecule has 0 aliphatic rings. The van der Waals surface area contributed by atoms with Crippen LogP contribution in [0, 0.1) is 0 Å². The van der Waals surface area contributed by atoms with Gasteiger partial charge in [-0.15, -0.1) is 0 Å². The van der Waals surface area contributed by atoms with E-state index in [2.05, 4.69) is 0 Å². The number of alkyl halides is 3. The highest BCUT2D eigenvalue weighted by atomic mass is 35.5. The number of aromatic nitrogens is 1. The maximum absolute atomic E-state index is 12.2. The summed E-state index contributed by atoms with van der Waals surface area (Å²) in [4.78, 5) is 12.6. The molecule has 0 saturated heterocycles. The van der Waals surface area contributed by atoms with Crippen LogP contribution in [0.25, 0.3) is 0 Å². The summed E-state index contributed by atoms with van der Waals surface area (Å²) >= 11 is 5.32. The predicted molar refractivity (Wildman–Crippen MR) is 45.0 cm³/mol. The van der Waals surface area contributed by atoms with Crippen molar-refractivity contribution in [2.45, 2.75) is 12.7 Å². The second-order valence-corrected chi connectivity index (χ2v) is 2.96. The highest BCUT2D eigenvalue weighted by Crippen LogP contribution is 2.32. The maximum atomic E-state index is 12.2. The Morgan fingerprint density at radius 1 is 1.50 bits per heavy atom. The van der Waals surface area contributed by atoms with Crippen LogP contribution in [0.4, 0.5) is 13.2 Å². The minimum atomic E-state index is -4.66. The van der Waals surface area contributed by atoms with Gasteiger partial charge in [-0.3, -0.25) is 4.79 Å². The van der Waals surface area contributed by atoms with Gasteiger partial charge in [0.25, 0.3) is 5.56 Å². The first-order valence-corrected chi connectivity index (χ1v) is 3.93. The lowest BCUT2D eigenvalue weighted by Crippen LogP contribution is -2.21. The molecule has 0 bridgehead atoms. The fraction of sp³-hybridized carbons (Fsp3) is 0.286. The molecule has 0 atom stereocenters. The standard InChI is InChI=1S/C7H6ClF3N2O/c8-4-1-3(2-12)6(14)13-5(4)7(9,10)11/h1H,2,12H2,(H,13,14). The summed E-state index contributed by atoms with van der Waals surface area (Å²) in [6.45, 7) is -0.160. The summed E-state index contributed by atoms with van der Waals surface area (Å²) < 4.78 is 36.5. The molecule has 1 heterocycles. The summed E-state index contributed by atoms with van der Waals surface area (Å²) in [6.07, 6.45) is -4.66. The molecule has 3 N–H and O–H groups in total. The number of halogens is 4. The molecule has 1 rings (SSSR count). The van der Waals surface area contributed by atoms with Crippen LogP contribution in [0.2, 0.25) is 5.02 Å². The molecule has 1 aromatic heterocycles. The number of rotatable bonds is 1. The number of H-pyrrole nitrogens is 1. The van der Waals surface area contributed by atoms with Crippen LogP contribution < -0.4 is 11.3 Å². The van der Waals surface area contributed by atoms with Crippen molar-refractivity contribution < 1.29 is 13.2 Å². The Bertz CT molecular complexity index is 399. The second kappa shape index (κ2) is 3.62. The lowest BCUT2D eigenvalue weighted by atomic mass is 10.2. The van der Waals surface area contributed by atoms with Gasteiger partial charge in [0.05, 0.1) is 5.02 Å². The molecule has 0 radical (unpaired) electrons. The van der Waals surface area contributed by atoms with Crippen LogP contribution >= 0.6 is 11.6 Å². The number of nitrogens with two attached hydrogens (primary N) is 1. The minimum Gasteiger partial charge on any atom is -0.326 e. The molecule has 0 saturated carbocycles. The number of hydrogen-bond acceptors (Lipinski definition) is 2. The first kappa shape index (κ1) is 11.1. The Morgan fingerprint density at radius 2 is 2.07 bits per heavy atom. The van der Waals surface area contributed by atoms with Crippen LogP contribution in [0.3, 0.4) is 0 Å². The van der Waals surface area contributed by atoms with Crippen molar-refractivity contribution in [3.8, 4) is 0 Å². The van der Waals surface area contributed by atoms with E-state index in [1.165, 1.54) is 0 Å². The quantitative estimate of drug-likeness (QED) is 0.763. The first-order chi connectivity index (χ1) is 6.36. The molecule has 0 amide bonds. The zero-order valence-corrected chi connectivity index (χ0v) is 7.54. The van der Waals surface area contributed by atoms with Gasteiger partial charge in [0, 0.05) is 12.1 Å². The van der Waals surface area contributed by atoms with Gasteiger partial charge < -0.3 is 10.7 Å². The van der Waals surface area contributed by atoms with Crippen LogP contribution in [0.15, 0.2) is 10.9 Å². The van der Waals surface area contributed by atoms with E-state index in [9.17, 15) is 18.0 Å². The average molecular weight is 227 g/mol. The van der Waals surface area contributed by atoms with Crippen molar-refractivity contribution in [3.63, 3.8) is 0 Å². The zero-order chi connectivity index (χ0) is 10.9. The van der Waals surface area contributed by atoms with Gasteiger partial charge in [-0.1, -0.05) is 11.6 Å². The number of hydrogen-bond donors (Lipinski definition) is 2. The van der Waals surface area contributed by atoms with Crippen LogP contribution in [-0.4, -0.2) is 4.98 Å². The molecule has 0 aromatic carbocycles. The van der Waals surface area contributed by atoms with E-state index >= 15 is 0 Å². The van der Waals surface area contributed by atoms with Crippen LogP contribution in [0.5, 0.6) is 0 Å². The number of aromatic amines is 1. The van der Waals surface area contributed by atoms with Crippen molar-refractivity contribution in [3.05, 3.63) is 32.7 Å².